The average molecular weight is 490 g/mol. The zero-order chi connectivity index (χ0) is 25.0. The maximum absolute atomic E-state index is 13.5. The number of amides is 1. The van der Waals surface area contributed by atoms with Crippen LogP contribution in [0.15, 0.2) is 12.5 Å². The summed E-state index contributed by atoms with van der Waals surface area (Å²) in [6.07, 6.45) is 6.04. The number of hydrogen-bond donors (Lipinski definition) is 2. The Bertz CT molecular complexity index is 984. The Morgan fingerprint density at radius 2 is 2.06 bits per heavy atom. The van der Waals surface area contributed by atoms with Crippen LogP contribution in [0.2, 0.25) is 0 Å². The molecule has 5 aliphatic rings. The largest absolute Gasteiger partial charge is 0.481 e. The van der Waals surface area contributed by atoms with Gasteiger partial charge in [-0.3, -0.25) is 14.4 Å². The van der Waals surface area contributed by atoms with E-state index in [1.54, 1.807) is 11.1 Å². The van der Waals surface area contributed by atoms with Crippen molar-refractivity contribution in [3.05, 3.63) is 18.2 Å². The molecule has 0 aromatic carbocycles. The van der Waals surface area contributed by atoms with E-state index in [1.165, 1.54) is 6.33 Å². The second-order valence-electron chi connectivity index (χ2n) is 11.1. The minimum atomic E-state index is -1.03. The number of piperidine rings is 1. The third-order valence-corrected chi connectivity index (χ3v) is 8.83. The number of aromatic nitrogens is 2. The third-order valence-electron chi connectivity index (χ3n) is 8.83. The quantitative estimate of drug-likeness (QED) is 0.533. The van der Waals surface area contributed by atoms with Gasteiger partial charge in [0.1, 0.15) is 5.78 Å². The number of carbonyl (C=O) groups excluding carboxylic acids is 2. The normalized spacial score (nSPS) is 39.1. The predicted octanol–water partition coefficient (Wildman–Crippen LogP) is 2.70. The number of carbonyl (C=O) groups is 3. The molecule has 6 rings (SSSR count). The van der Waals surface area contributed by atoms with E-state index in [1.807, 2.05) is 13.8 Å². The van der Waals surface area contributed by atoms with Crippen LogP contribution in [0.1, 0.15) is 65.0 Å². The molecule has 2 N–H and O–H groups in total. The van der Waals surface area contributed by atoms with E-state index < -0.39 is 29.5 Å². The number of ketones is 1. The number of carboxylic acid groups (broad SMARTS) is 1. The van der Waals surface area contributed by atoms with Crippen molar-refractivity contribution < 1.29 is 34.0 Å². The molecule has 4 saturated heterocycles. The number of fused-ring (bicyclic) bond motifs is 2. The summed E-state index contributed by atoms with van der Waals surface area (Å²) in [5, 5.41) is 9.61. The van der Waals surface area contributed by atoms with Gasteiger partial charge in [0.15, 0.2) is 11.8 Å². The Labute approximate surface area is 204 Å². The van der Waals surface area contributed by atoms with E-state index in [-0.39, 0.29) is 55.3 Å². The zero-order valence-corrected chi connectivity index (χ0v) is 20.6. The molecule has 8 atom stereocenters. The van der Waals surface area contributed by atoms with Crippen molar-refractivity contribution >= 4 is 17.7 Å². The number of carboxylic acids is 1. The molecule has 192 valence electrons. The van der Waals surface area contributed by atoms with Gasteiger partial charge in [0.05, 0.1) is 12.2 Å². The lowest BCUT2D eigenvalue weighted by molar-refractivity contribution is -0.547. The van der Waals surface area contributed by atoms with Gasteiger partial charge in [-0.05, 0) is 38.0 Å². The van der Waals surface area contributed by atoms with Gasteiger partial charge in [-0.1, -0.05) is 13.8 Å². The number of H-pyrrole nitrogens is 1. The molecule has 10 nitrogen and oxygen atoms in total. The molecule has 2 bridgehead atoms. The SMILES string of the molecule is CC1CCC2C(C)C(=O)N(CCC(=O)CC(Cc3cnc[nH]3)C(=O)O)C3OC4(C)CCC1C23OO4. The second kappa shape index (κ2) is 8.97. The first kappa shape index (κ1) is 24.4. The number of hydrogen-bond acceptors (Lipinski definition) is 7. The number of imidazole rings is 1. The highest BCUT2D eigenvalue weighted by Gasteiger charge is 2.70. The Morgan fingerprint density at radius 3 is 2.77 bits per heavy atom. The van der Waals surface area contributed by atoms with Crippen LogP contribution in [-0.4, -0.2) is 61.8 Å². The van der Waals surface area contributed by atoms with Crippen LogP contribution in [-0.2, 0) is 35.3 Å². The molecule has 1 aromatic rings. The Hall–Kier alpha value is -2.30. The maximum atomic E-state index is 13.5. The zero-order valence-electron chi connectivity index (χ0n) is 20.6. The lowest BCUT2D eigenvalue weighted by Gasteiger charge is -2.61. The number of aliphatic carboxylic acids is 1. The van der Waals surface area contributed by atoms with E-state index in [2.05, 4.69) is 16.9 Å². The fraction of sp³-hybridized carbons (Fsp3) is 0.760. The summed E-state index contributed by atoms with van der Waals surface area (Å²) in [6, 6.07) is 0. The molecule has 1 amide bonds. The van der Waals surface area contributed by atoms with Crippen LogP contribution in [0.3, 0.4) is 0 Å². The smallest absolute Gasteiger partial charge is 0.307 e. The lowest BCUT2D eigenvalue weighted by Crippen LogP contribution is -2.75. The topological polar surface area (TPSA) is 131 Å². The van der Waals surface area contributed by atoms with Gasteiger partial charge in [0, 0.05) is 56.0 Å². The van der Waals surface area contributed by atoms with Gasteiger partial charge in [-0.2, -0.15) is 0 Å². The molecular formula is C25H35N3O7. The molecule has 1 aromatic heterocycles. The molecule has 0 radical (unpaired) electrons. The lowest BCUT2D eigenvalue weighted by atomic mass is 9.57. The van der Waals surface area contributed by atoms with Crippen molar-refractivity contribution in [2.75, 3.05) is 6.54 Å². The van der Waals surface area contributed by atoms with Crippen LogP contribution in [0.25, 0.3) is 0 Å². The summed E-state index contributed by atoms with van der Waals surface area (Å²) >= 11 is 0. The molecule has 5 fully saturated rings. The summed E-state index contributed by atoms with van der Waals surface area (Å²) in [5.41, 5.74) is -0.0880. The fourth-order valence-electron chi connectivity index (χ4n) is 6.91. The van der Waals surface area contributed by atoms with Gasteiger partial charge < -0.3 is 19.7 Å². The van der Waals surface area contributed by atoms with E-state index in [4.69, 9.17) is 14.5 Å². The first-order chi connectivity index (χ1) is 16.6. The molecule has 8 unspecified atom stereocenters. The van der Waals surface area contributed by atoms with E-state index >= 15 is 0 Å². The van der Waals surface area contributed by atoms with E-state index in [0.717, 1.165) is 19.3 Å². The number of Topliss-reactive ketones (excluding diaryl/α,β-unsaturated/α-hetero) is 1. The number of nitrogens with one attached hydrogen (secondary N) is 1. The van der Waals surface area contributed by atoms with Crippen molar-refractivity contribution in [1.82, 2.24) is 14.9 Å². The molecule has 4 aliphatic heterocycles. The molecule has 1 saturated carbocycles. The van der Waals surface area contributed by atoms with Crippen LogP contribution in [0.4, 0.5) is 0 Å². The van der Waals surface area contributed by atoms with Gasteiger partial charge in [0.2, 0.25) is 11.7 Å². The first-order valence-corrected chi connectivity index (χ1v) is 12.7. The molecule has 35 heavy (non-hydrogen) atoms. The molecule has 10 heteroatoms. The Morgan fingerprint density at radius 1 is 1.26 bits per heavy atom. The summed E-state index contributed by atoms with van der Waals surface area (Å²) in [4.78, 5) is 58.7. The highest BCUT2D eigenvalue weighted by atomic mass is 17.3. The van der Waals surface area contributed by atoms with Crippen molar-refractivity contribution in [1.29, 1.82) is 0 Å². The number of likely N-dealkylation sites (tertiary alicyclic amines) is 1. The molecule has 5 heterocycles. The highest BCUT2D eigenvalue weighted by Crippen LogP contribution is 2.60. The van der Waals surface area contributed by atoms with Crippen molar-refractivity contribution in [2.24, 2.45) is 29.6 Å². The first-order valence-electron chi connectivity index (χ1n) is 12.7. The van der Waals surface area contributed by atoms with Gasteiger partial charge in [0.25, 0.3) is 0 Å². The van der Waals surface area contributed by atoms with Crippen LogP contribution in [0, 0.1) is 29.6 Å². The van der Waals surface area contributed by atoms with Gasteiger partial charge in [-0.15, -0.1) is 0 Å². The maximum Gasteiger partial charge on any atom is 0.307 e. The number of rotatable bonds is 8. The monoisotopic (exact) mass is 489 g/mol. The summed E-state index contributed by atoms with van der Waals surface area (Å²) in [7, 11) is 0. The number of nitrogens with zero attached hydrogens (tertiary/aromatic N) is 2. The van der Waals surface area contributed by atoms with Crippen LogP contribution >= 0.6 is 0 Å². The van der Waals surface area contributed by atoms with Crippen LogP contribution < -0.4 is 0 Å². The third kappa shape index (κ3) is 4.09. The standard InChI is InChI=1S/C25H35N3O7/c1-14-4-5-20-15(2)21(30)28(23-25(20)19(14)6-8-24(3,33-23)34-35-25)9-7-18(29)11-16(22(31)32)10-17-12-26-13-27-17/h12-16,19-20,23H,4-11H2,1-3H3,(H,26,27)(H,31,32). The van der Waals surface area contributed by atoms with Crippen molar-refractivity contribution in [3.63, 3.8) is 0 Å². The van der Waals surface area contributed by atoms with E-state index in [0.29, 0.717) is 18.0 Å². The fourth-order valence-corrected chi connectivity index (χ4v) is 6.91. The summed E-state index contributed by atoms with van der Waals surface area (Å²) < 4.78 is 6.47. The number of aromatic amines is 1. The van der Waals surface area contributed by atoms with Crippen molar-refractivity contribution in [3.8, 4) is 0 Å². The number of ether oxygens (including phenoxy) is 1. The van der Waals surface area contributed by atoms with E-state index in [9.17, 15) is 19.5 Å². The minimum Gasteiger partial charge on any atom is -0.481 e. The Balaban J connectivity index is 1.34. The van der Waals surface area contributed by atoms with Crippen molar-refractivity contribution in [2.45, 2.75) is 83.3 Å². The minimum absolute atomic E-state index is 0.0124. The van der Waals surface area contributed by atoms with Gasteiger partial charge in [-0.25, -0.2) is 14.8 Å². The molecule has 1 aliphatic carbocycles. The van der Waals surface area contributed by atoms with Gasteiger partial charge >= 0.3 is 5.97 Å². The summed E-state index contributed by atoms with van der Waals surface area (Å²) in [6.45, 7) is 6.18. The highest BCUT2D eigenvalue weighted by molar-refractivity contribution is 5.85. The van der Waals surface area contributed by atoms with Crippen LogP contribution in [0.5, 0.6) is 0 Å². The Kier molecular flexibility index (Phi) is 6.26. The molecular weight excluding hydrogens is 454 g/mol. The summed E-state index contributed by atoms with van der Waals surface area (Å²) in [5.74, 6) is -2.77. The molecule has 1 spiro atoms. The average Bonchev–Trinajstić information content (AvgIpc) is 3.22. The second-order valence-corrected chi connectivity index (χ2v) is 11.1. The predicted molar refractivity (Wildman–Crippen MR) is 121 cm³/mol.